The Labute approximate surface area is 168 Å². The van der Waals surface area contributed by atoms with Crippen LogP contribution in [-0.4, -0.2) is 75.1 Å². The molecular formula is C18H22N2O6S2. The summed E-state index contributed by atoms with van der Waals surface area (Å²) in [6.45, 7) is 4.15. The van der Waals surface area contributed by atoms with Crippen LogP contribution in [0.15, 0.2) is 29.8 Å². The van der Waals surface area contributed by atoms with Gasteiger partial charge in [-0.1, -0.05) is 17.8 Å². The van der Waals surface area contributed by atoms with Crippen LogP contribution in [0.2, 0.25) is 0 Å². The van der Waals surface area contributed by atoms with Gasteiger partial charge < -0.3 is 19.1 Å². The number of sulfone groups is 1. The number of ether oxygens (including phenoxy) is 3. The fraction of sp³-hybridized carbons (Fsp3) is 0.444. The summed E-state index contributed by atoms with van der Waals surface area (Å²) in [5.41, 5.74) is 0.283. The Balaban J connectivity index is 1.93. The summed E-state index contributed by atoms with van der Waals surface area (Å²) in [4.78, 5) is 18.9. The molecule has 1 aromatic carbocycles. The van der Waals surface area contributed by atoms with Crippen LogP contribution in [0.3, 0.4) is 0 Å². The minimum atomic E-state index is -3.07. The molecule has 0 aliphatic carbocycles. The van der Waals surface area contributed by atoms with Gasteiger partial charge in [0.25, 0.3) is 5.91 Å². The summed E-state index contributed by atoms with van der Waals surface area (Å²) >= 11 is 1.32. The molecule has 1 aromatic rings. The van der Waals surface area contributed by atoms with Crippen molar-refractivity contribution < 1.29 is 27.4 Å². The zero-order valence-electron chi connectivity index (χ0n) is 15.9. The molecule has 2 aliphatic rings. The van der Waals surface area contributed by atoms with E-state index in [1.807, 2.05) is 4.90 Å². The number of amidine groups is 1. The summed E-state index contributed by atoms with van der Waals surface area (Å²) in [5, 5.41) is 0.375. The van der Waals surface area contributed by atoms with Crippen LogP contribution in [0.5, 0.6) is 17.2 Å². The number of hydrogen-bond donors (Lipinski definition) is 0. The molecule has 0 radical (unpaired) electrons. The summed E-state index contributed by atoms with van der Waals surface area (Å²) in [5.74, 6) is 0.783. The Bertz CT molecular complexity index is 903. The number of benzene rings is 1. The number of thioether (sulfide) groups is 1. The van der Waals surface area contributed by atoms with E-state index in [0.717, 1.165) is 0 Å². The van der Waals surface area contributed by atoms with E-state index in [1.165, 1.54) is 45.2 Å². The van der Waals surface area contributed by atoms with Crippen molar-refractivity contribution >= 4 is 32.7 Å². The normalized spacial score (nSPS) is 24.1. The Hall–Kier alpha value is -2.20. The molecule has 2 saturated heterocycles. The summed E-state index contributed by atoms with van der Waals surface area (Å²) < 4.78 is 39.7. The number of aliphatic imine (C=N–C) groups is 1. The number of methoxy groups -OCH3 is 3. The van der Waals surface area contributed by atoms with Crippen molar-refractivity contribution in [3.63, 3.8) is 0 Å². The van der Waals surface area contributed by atoms with Crippen LogP contribution < -0.4 is 14.2 Å². The van der Waals surface area contributed by atoms with E-state index >= 15 is 0 Å². The number of hydrogen-bond acceptors (Lipinski definition) is 7. The van der Waals surface area contributed by atoms with Crippen molar-refractivity contribution in [2.24, 2.45) is 4.99 Å². The van der Waals surface area contributed by atoms with Gasteiger partial charge in [0.2, 0.25) is 5.75 Å². The van der Waals surface area contributed by atoms with Crippen LogP contribution in [-0.2, 0) is 9.84 Å². The monoisotopic (exact) mass is 426 g/mol. The maximum Gasteiger partial charge on any atom is 0.279 e. The first kappa shape index (κ1) is 20.5. The number of fused-ring (bicyclic) bond motifs is 1. The predicted molar refractivity (Wildman–Crippen MR) is 109 cm³/mol. The topological polar surface area (TPSA) is 94.5 Å². The largest absolute Gasteiger partial charge is 0.493 e. The molecule has 2 aliphatic heterocycles. The SMILES string of the molecule is C=CCN1C(=NC(=O)c2cc(OC)c(OC)c(OC)c2)SC2CS(=O)(=O)CC21. The van der Waals surface area contributed by atoms with Gasteiger partial charge in [-0.15, -0.1) is 6.58 Å². The van der Waals surface area contributed by atoms with Crippen LogP contribution in [0.4, 0.5) is 0 Å². The molecular weight excluding hydrogens is 404 g/mol. The van der Waals surface area contributed by atoms with E-state index in [4.69, 9.17) is 14.2 Å². The fourth-order valence-corrected chi connectivity index (χ4v) is 7.30. The Morgan fingerprint density at radius 1 is 1.25 bits per heavy atom. The molecule has 152 valence electrons. The highest BCUT2D eigenvalue weighted by Gasteiger charge is 2.48. The lowest BCUT2D eigenvalue weighted by molar-refractivity contribution is 0.100. The van der Waals surface area contributed by atoms with Crippen molar-refractivity contribution in [3.05, 3.63) is 30.4 Å². The standard InChI is InChI=1S/C18H22N2O6S2/c1-5-6-20-12-9-28(22,23)10-15(12)27-18(20)19-17(21)11-7-13(24-2)16(26-4)14(8-11)25-3/h5,7-8,12,15H,1,6,9-10H2,2-4H3. The lowest BCUT2D eigenvalue weighted by Gasteiger charge is -2.22. The summed E-state index contributed by atoms with van der Waals surface area (Å²) in [7, 11) is 1.35. The minimum Gasteiger partial charge on any atom is -0.493 e. The Morgan fingerprint density at radius 2 is 1.89 bits per heavy atom. The molecule has 28 heavy (non-hydrogen) atoms. The molecule has 1 amide bonds. The van der Waals surface area contributed by atoms with Gasteiger partial charge in [0.1, 0.15) is 0 Å². The van der Waals surface area contributed by atoms with Gasteiger partial charge in [0, 0.05) is 17.4 Å². The quantitative estimate of drug-likeness (QED) is 0.633. The highest BCUT2D eigenvalue weighted by Crippen LogP contribution is 2.40. The first-order valence-electron chi connectivity index (χ1n) is 8.51. The van der Waals surface area contributed by atoms with E-state index in [-0.39, 0.29) is 28.4 Å². The molecule has 0 saturated carbocycles. The summed E-state index contributed by atoms with van der Waals surface area (Å²) in [6, 6.07) is 2.88. The second-order valence-corrected chi connectivity index (χ2v) is 9.72. The third kappa shape index (κ3) is 3.83. The second-order valence-electron chi connectivity index (χ2n) is 6.36. The predicted octanol–water partition coefficient (Wildman–Crippen LogP) is 1.61. The van der Waals surface area contributed by atoms with Crippen LogP contribution in [0.1, 0.15) is 10.4 Å². The van der Waals surface area contributed by atoms with Gasteiger partial charge in [0.15, 0.2) is 26.5 Å². The maximum atomic E-state index is 12.8. The Morgan fingerprint density at radius 3 is 2.43 bits per heavy atom. The lowest BCUT2D eigenvalue weighted by Crippen LogP contribution is -2.37. The molecule has 2 unspecified atom stereocenters. The molecule has 2 atom stereocenters. The number of carbonyl (C=O) groups is 1. The zero-order chi connectivity index (χ0) is 20.5. The average Bonchev–Trinajstić information content (AvgIpc) is 3.12. The van der Waals surface area contributed by atoms with Crippen molar-refractivity contribution in [1.82, 2.24) is 4.90 Å². The number of nitrogens with zero attached hydrogens (tertiary/aromatic N) is 2. The maximum absolute atomic E-state index is 12.8. The van der Waals surface area contributed by atoms with E-state index in [2.05, 4.69) is 11.6 Å². The van der Waals surface area contributed by atoms with Gasteiger partial charge in [-0.2, -0.15) is 4.99 Å². The fourth-order valence-electron chi connectivity index (χ4n) is 3.34. The highest BCUT2D eigenvalue weighted by atomic mass is 32.2. The molecule has 2 heterocycles. The van der Waals surface area contributed by atoms with Gasteiger partial charge in [-0.3, -0.25) is 4.79 Å². The summed E-state index contributed by atoms with van der Waals surface area (Å²) in [6.07, 6.45) is 1.67. The molecule has 10 heteroatoms. The van der Waals surface area contributed by atoms with Crippen LogP contribution in [0, 0.1) is 0 Å². The van der Waals surface area contributed by atoms with Crippen molar-refractivity contribution in [3.8, 4) is 17.2 Å². The molecule has 2 fully saturated rings. The highest BCUT2D eigenvalue weighted by molar-refractivity contribution is 8.15. The average molecular weight is 427 g/mol. The van der Waals surface area contributed by atoms with Crippen LogP contribution in [0.25, 0.3) is 0 Å². The molecule has 0 aromatic heterocycles. The van der Waals surface area contributed by atoms with E-state index in [0.29, 0.717) is 29.0 Å². The molecule has 0 bridgehead atoms. The third-order valence-electron chi connectivity index (χ3n) is 4.61. The smallest absolute Gasteiger partial charge is 0.279 e. The molecule has 0 spiro atoms. The van der Waals surface area contributed by atoms with Gasteiger partial charge in [-0.05, 0) is 12.1 Å². The van der Waals surface area contributed by atoms with E-state index in [1.54, 1.807) is 6.08 Å². The molecule has 0 N–H and O–H groups in total. The van der Waals surface area contributed by atoms with Gasteiger partial charge >= 0.3 is 0 Å². The molecule has 8 nitrogen and oxygen atoms in total. The van der Waals surface area contributed by atoms with E-state index < -0.39 is 15.7 Å². The third-order valence-corrected chi connectivity index (χ3v) is 7.86. The lowest BCUT2D eigenvalue weighted by atomic mass is 10.1. The second kappa shape index (κ2) is 8.04. The number of amides is 1. The van der Waals surface area contributed by atoms with Crippen molar-refractivity contribution in [2.75, 3.05) is 39.4 Å². The van der Waals surface area contributed by atoms with Gasteiger partial charge in [-0.25, -0.2) is 8.42 Å². The first-order chi connectivity index (χ1) is 13.3. The minimum absolute atomic E-state index is 0.0654. The molecule has 3 rings (SSSR count). The van der Waals surface area contributed by atoms with Gasteiger partial charge in [0.05, 0.1) is 38.9 Å². The van der Waals surface area contributed by atoms with Crippen LogP contribution >= 0.6 is 11.8 Å². The number of rotatable bonds is 6. The van der Waals surface area contributed by atoms with Crippen molar-refractivity contribution in [1.29, 1.82) is 0 Å². The first-order valence-corrected chi connectivity index (χ1v) is 11.2. The number of carbonyl (C=O) groups excluding carboxylic acids is 1. The zero-order valence-corrected chi connectivity index (χ0v) is 17.5. The van der Waals surface area contributed by atoms with Crippen molar-refractivity contribution in [2.45, 2.75) is 11.3 Å². The Kier molecular flexibility index (Phi) is 5.90. The van der Waals surface area contributed by atoms with E-state index in [9.17, 15) is 13.2 Å².